The molecule has 0 N–H and O–H groups in total. The molecule has 116 valence electrons. The average Bonchev–Trinajstić information content (AvgIpc) is 2.48. The van der Waals surface area contributed by atoms with E-state index in [2.05, 4.69) is 0 Å². The van der Waals surface area contributed by atoms with Crippen LogP contribution in [0.5, 0.6) is 0 Å². The van der Waals surface area contributed by atoms with Gasteiger partial charge in [0.2, 0.25) is 10.0 Å². The summed E-state index contributed by atoms with van der Waals surface area (Å²) in [5, 5.41) is 0.0783. The number of carbonyl (C=O) groups is 1. The Hall–Kier alpha value is -1.15. The molecule has 1 aliphatic rings. The lowest BCUT2D eigenvalue weighted by Crippen LogP contribution is -2.40. The molecule has 1 aromatic rings. The van der Waals surface area contributed by atoms with E-state index in [-0.39, 0.29) is 35.2 Å². The van der Waals surface area contributed by atoms with Crippen LogP contribution in [0.1, 0.15) is 17.3 Å². The van der Waals surface area contributed by atoms with Gasteiger partial charge in [-0.1, -0.05) is 11.6 Å². The van der Waals surface area contributed by atoms with Gasteiger partial charge in [-0.2, -0.15) is 4.31 Å². The van der Waals surface area contributed by atoms with Crippen LogP contribution >= 0.6 is 11.6 Å². The molecular weight excluding hydrogens is 318 g/mol. The van der Waals surface area contributed by atoms with Crippen LogP contribution in [0.15, 0.2) is 23.1 Å². The highest BCUT2D eigenvalue weighted by Gasteiger charge is 2.29. The number of esters is 1. The summed E-state index contributed by atoms with van der Waals surface area (Å²) in [6.45, 7) is 3.11. The first kappa shape index (κ1) is 16.2. The number of rotatable bonds is 4. The predicted octanol–water partition coefficient (Wildman–Crippen LogP) is 1.54. The Morgan fingerprint density at radius 1 is 1.38 bits per heavy atom. The van der Waals surface area contributed by atoms with E-state index in [4.69, 9.17) is 21.1 Å². The predicted molar refractivity (Wildman–Crippen MR) is 77.0 cm³/mol. The lowest BCUT2D eigenvalue weighted by Gasteiger charge is -2.26. The van der Waals surface area contributed by atoms with Crippen molar-refractivity contribution in [2.24, 2.45) is 0 Å². The van der Waals surface area contributed by atoms with Crippen molar-refractivity contribution in [3.8, 4) is 0 Å². The monoisotopic (exact) mass is 333 g/mol. The van der Waals surface area contributed by atoms with Crippen molar-refractivity contribution in [3.63, 3.8) is 0 Å². The van der Waals surface area contributed by atoms with Crippen molar-refractivity contribution in [1.29, 1.82) is 0 Å². The lowest BCUT2D eigenvalue weighted by atomic mass is 10.2. The Morgan fingerprint density at radius 3 is 2.67 bits per heavy atom. The zero-order chi connectivity index (χ0) is 15.5. The molecule has 0 aliphatic carbocycles. The van der Waals surface area contributed by atoms with Crippen LogP contribution in [0.25, 0.3) is 0 Å². The maximum atomic E-state index is 12.6. The summed E-state index contributed by atoms with van der Waals surface area (Å²) in [6, 6.07) is 4.09. The molecule has 1 aliphatic heterocycles. The second-order valence-electron chi connectivity index (χ2n) is 4.38. The molecule has 0 atom stereocenters. The van der Waals surface area contributed by atoms with Gasteiger partial charge in [0.1, 0.15) is 4.90 Å². The third-order valence-corrected chi connectivity index (χ3v) is 5.41. The van der Waals surface area contributed by atoms with Crippen LogP contribution in [-0.4, -0.2) is 51.6 Å². The molecule has 8 heteroatoms. The van der Waals surface area contributed by atoms with Crippen LogP contribution in [-0.2, 0) is 19.5 Å². The lowest BCUT2D eigenvalue weighted by molar-refractivity contribution is 0.0526. The maximum Gasteiger partial charge on any atom is 0.338 e. The van der Waals surface area contributed by atoms with Crippen LogP contribution in [0.4, 0.5) is 0 Å². The minimum absolute atomic E-state index is 0.0783. The zero-order valence-electron chi connectivity index (χ0n) is 11.5. The van der Waals surface area contributed by atoms with Crippen molar-refractivity contribution in [2.75, 3.05) is 32.9 Å². The van der Waals surface area contributed by atoms with Gasteiger partial charge < -0.3 is 9.47 Å². The van der Waals surface area contributed by atoms with E-state index in [9.17, 15) is 13.2 Å². The maximum absolute atomic E-state index is 12.6. The van der Waals surface area contributed by atoms with E-state index in [1.54, 1.807) is 6.92 Å². The minimum Gasteiger partial charge on any atom is -0.462 e. The molecule has 0 aromatic heterocycles. The Kier molecular flexibility index (Phi) is 5.21. The molecule has 0 bridgehead atoms. The van der Waals surface area contributed by atoms with Gasteiger partial charge in [-0.3, -0.25) is 0 Å². The van der Waals surface area contributed by atoms with Gasteiger partial charge in [0.25, 0.3) is 0 Å². The van der Waals surface area contributed by atoms with Crippen LogP contribution in [0.3, 0.4) is 0 Å². The van der Waals surface area contributed by atoms with E-state index < -0.39 is 16.0 Å². The number of hydrogen-bond donors (Lipinski definition) is 0. The first-order valence-corrected chi connectivity index (χ1v) is 8.33. The quantitative estimate of drug-likeness (QED) is 0.781. The van der Waals surface area contributed by atoms with Crippen molar-refractivity contribution in [3.05, 3.63) is 28.8 Å². The van der Waals surface area contributed by atoms with Gasteiger partial charge in [0, 0.05) is 13.1 Å². The van der Waals surface area contributed by atoms with Gasteiger partial charge in [0.15, 0.2) is 0 Å². The molecule has 0 amide bonds. The summed E-state index contributed by atoms with van der Waals surface area (Å²) >= 11 is 5.99. The standard InChI is InChI=1S/C13H16ClNO5S/c1-2-20-13(16)10-3-4-11(14)12(9-10)21(17,18)15-5-7-19-8-6-15/h3-4,9H,2,5-8H2,1H3. The molecule has 6 nitrogen and oxygen atoms in total. The van der Waals surface area contributed by atoms with E-state index >= 15 is 0 Å². The third kappa shape index (κ3) is 3.55. The minimum atomic E-state index is -3.75. The highest BCUT2D eigenvalue weighted by Crippen LogP contribution is 2.26. The number of benzene rings is 1. The zero-order valence-corrected chi connectivity index (χ0v) is 13.1. The molecule has 1 fully saturated rings. The summed E-state index contributed by atoms with van der Waals surface area (Å²) in [5.41, 5.74) is 0.160. The number of ether oxygens (including phenoxy) is 2. The summed E-state index contributed by atoms with van der Waals surface area (Å²) in [6.07, 6.45) is 0. The normalized spacial score (nSPS) is 16.7. The van der Waals surface area contributed by atoms with Crippen LogP contribution < -0.4 is 0 Å². The smallest absolute Gasteiger partial charge is 0.338 e. The Balaban J connectivity index is 2.37. The van der Waals surface area contributed by atoms with Gasteiger partial charge >= 0.3 is 5.97 Å². The second-order valence-corrected chi connectivity index (χ2v) is 6.70. The van der Waals surface area contributed by atoms with Gasteiger partial charge in [0.05, 0.1) is 30.4 Å². The van der Waals surface area contributed by atoms with Gasteiger partial charge in [-0.25, -0.2) is 13.2 Å². The van der Waals surface area contributed by atoms with Crippen LogP contribution in [0.2, 0.25) is 5.02 Å². The SMILES string of the molecule is CCOC(=O)c1ccc(Cl)c(S(=O)(=O)N2CCOCC2)c1. The first-order valence-electron chi connectivity index (χ1n) is 6.51. The molecule has 0 unspecified atom stereocenters. The largest absolute Gasteiger partial charge is 0.462 e. The molecule has 21 heavy (non-hydrogen) atoms. The molecular formula is C13H16ClNO5S. The van der Waals surface area contributed by atoms with E-state index in [0.717, 1.165) is 0 Å². The average molecular weight is 334 g/mol. The fraction of sp³-hybridized carbons (Fsp3) is 0.462. The van der Waals surface area contributed by atoms with Crippen molar-refractivity contribution in [2.45, 2.75) is 11.8 Å². The van der Waals surface area contributed by atoms with Gasteiger partial charge in [-0.15, -0.1) is 0 Å². The van der Waals surface area contributed by atoms with Crippen molar-refractivity contribution in [1.82, 2.24) is 4.31 Å². The third-order valence-electron chi connectivity index (χ3n) is 3.03. The number of sulfonamides is 1. The molecule has 0 spiro atoms. The summed E-state index contributed by atoms with van der Waals surface area (Å²) < 4.78 is 36.5. The second kappa shape index (κ2) is 6.74. The van der Waals surface area contributed by atoms with Gasteiger partial charge in [-0.05, 0) is 25.1 Å². The molecule has 1 heterocycles. The molecule has 1 aromatic carbocycles. The van der Waals surface area contributed by atoms with E-state index in [1.165, 1.54) is 22.5 Å². The van der Waals surface area contributed by atoms with E-state index in [1.807, 2.05) is 0 Å². The number of nitrogens with zero attached hydrogens (tertiary/aromatic N) is 1. The fourth-order valence-corrected chi connectivity index (χ4v) is 3.88. The fourth-order valence-electron chi connectivity index (χ4n) is 1.97. The number of morpholine rings is 1. The Bertz CT molecular complexity index is 625. The number of hydrogen-bond acceptors (Lipinski definition) is 5. The molecule has 0 saturated carbocycles. The van der Waals surface area contributed by atoms with Crippen LogP contribution in [0, 0.1) is 0 Å². The summed E-state index contributed by atoms with van der Waals surface area (Å²) in [7, 11) is -3.75. The van der Waals surface area contributed by atoms with E-state index in [0.29, 0.717) is 13.2 Å². The Morgan fingerprint density at radius 2 is 2.05 bits per heavy atom. The first-order chi connectivity index (χ1) is 9.96. The molecule has 0 radical (unpaired) electrons. The summed E-state index contributed by atoms with van der Waals surface area (Å²) in [4.78, 5) is 11.6. The highest BCUT2D eigenvalue weighted by atomic mass is 35.5. The topological polar surface area (TPSA) is 72.9 Å². The highest BCUT2D eigenvalue weighted by molar-refractivity contribution is 7.89. The Labute approximate surface area is 128 Å². The number of carbonyl (C=O) groups excluding carboxylic acids is 1. The molecule has 2 rings (SSSR count). The van der Waals surface area contributed by atoms with Crippen molar-refractivity contribution >= 4 is 27.6 Å². The van der Waals surface area contributed by atoms with Crippen molar-refractivity contribution < 1.29 is 22.7 Å². The molecule has 1 saturated heterocycles. The number of halogens is 1. The summed E-state index contributed by atoms with van der Waals surface area (Å²) in [5.74, 6) is -0.576.